The molecule has 2 heterocycles. The van der Waals surface area contributed by atoms with Crippen molar-refractivity contribution in [3.05, 3.63) is 77.3 Å². The van der Waals surface area contributed by atoms with Crippen LogP contribution in [0.2, 0.25) is 5.02 Å². The Morgan fingerprint density at radius 1 is 1.06 bits per heavy atom. The van der Waals surface area contributed by atoms with E-state index in [1.807, 2.05) is 43.3 Å². The Morgan fingerprint density at radius 2 is 1.82 bits per heavy atom. The molecule has 1 aromatic heterocycles. The van der Waals surface area contributed by atoms with Gasteiger partial charge >= 0.3 is 0 Å². The molecule has 168 valence electrons. The Kier molecular flexibility index (Phi) is 5.18. The number of rotatable bonds is 4. The fraction of sp³-hybridized carbons (Fsp3) is 0.160. The number of fused-ring (bicyclic) bond motifs is 2. The predicted molar refractivity (Wildman–Crippen MR) is 132 cm³/mol. The summed E-state index contributed by atoms with van der Waals surface area (Å²) >= 11 is 6.07. The standard InChI is InChI=1S/C25H22ClN3O3S/c1-15-11-19-13-22(8-10-25(19)29(15)16(2)30)33(31,32)28-21-6-3-17(4-7-21)24-14-18-12-20(26)5-9-23(18)27-24/h3-10,12-15,27-28H,11H2,1-2H3/t15-/m1/s1. The molecule has 4 aromatic rings. The molecule has 0 spiro atoms. The van der Waals surface area contributed by atoms with Crippen molar-refractivity contribution in [1.82, 2.24) is 4.98 Å². The third kappa shape index (κ3) is 3.98. The maximum Gasteiger partial charge on any atom is 0.261 e. The van der Waals surface area contributed by atoms with Crippen LogP contribution in [0.3, 0.4) is 0 Å². The third-order valence-electron chi connectivity index (χ3n) is 5.95. The predicted octanol–water partition coefficient (Wildman–Crippen LogP) is 5.59. The van der Waals surface area contributed by atoms with Gasteiger partial charge in [0, 0.05) is 46.0 Å². The van der Waals surface area contributed by atoms with Crippen LogP contribution in [0.15, 0.2) is 71.6 Å². The number of hydrogen-bond acceptors (Lipinski definition) is 3. The average Bonchev–Trinajstić information content (AvgIpc) is 3.33. The van der Waals surface area contributed by atoms with Crippen molar-refractivity contribution in [2.75, 3.05) is 9.62 Å². The van der Waals surface area contributed by atoms with Crippen LogP contribution >= 0.6 is 11.6 Å². The second kappa shape index (κ2) is 7.93. The Hall–Kier alpha value is -3.29. The van der Waals surface area contributed by atoms with Crippen LogP contribution in [0.5, 0.6) is 0 Å². The number of carbonyl (C=O) groups excluding carboxylic acids is 1. The van der Waals surface area contributed by atoms with Gasteiger partial charge in [0.25, 0.3) is 10.0 Å². The molecule has 0 bridgehead atoms. The summed E-state index contributed by atoms with van der Waals surface area (Å²) in [5.74, 6) is -0.0480. The zero-order chi connectivity index (χ0) is 23.3. The molecule has 0 unspecified atom stereocenters. The number of carbonyl (C=O) groups is 1. The van der Waals surface area contributed by atoms with Gasteiger partial charge in [0.15, 0.2) is 0 Å². The van der Waals surface area contributed by atoms with Crippen LogP contribution in [0.1, 0.15) is 19.4 Å². The number of H-pyrrole nitrogens is 1. The molecule has 1 atom stereocenters. The van der Waals surface area contributed by atoms with Gasteiger partial charge in [0.2, 0.25) is 5.91 Å². The van der Waals surface area contributed by atoms with Crippen LogP contribution in [0, 0.1) is 0 Å². The first-order chi connectivity index (χ1) is 15.7. The molecule has 0 saturated heterocycles. The van der Waals surface area contributed by atoms with E-state index in [1.165, 1.54) is 6.92 Å². The lowest BCUT2D eigenvalue weighted by Gasteiger charge is -2.20. The highest BCUT2D eigenvalue weighted by Crippen LogP contribution is 2.34. The summed E-state index contributed by atoms with van der Waals surface area (Å²) in [6, 6.07) is 19.8. The second-order valence-corrected chi connectivity index (χ2v) is 10.4. The summed E-state index contributed by atoms with van der Waals surface area (Å²) in [6.07, 6.45) is 0.628. The molecular weight excluding hydrogens is 458 g/mol. The zero-order valence-corrected chi connectivity index (χ0v) is 19.7. The molecule has 8 heteroatoms. The highest BCUT2D eigenvalue weighted by molar-refractivity contribution is 7.92. The lowest BCUT2D eigenvalue weighted by atomic mass is 10.1. The van der Waals surface area contributed by atoms with Crippen molar-refractivity contribution in [3.63, 3.8) is 0 Å². The van der Waals surface area contributed by atoms with E-state index < -0.39 is 10.0 Å². The highest BCUT2D eigenvalue weighted by atomic mass is 35.5. The largest absolute Gasteiger partial charge is 0.355 e. The molecule has 2 N–H and O–H groups in total. The number of sulfonamides is 1. The number of aromatic amines is 1. The summed E-state index contributed by atoms with van der Waals surface area (Å²) in [6.45, 7) is 3.48. The number of anilines is 2. The molecule has 0 radical (unpaired) electrons. The van der Waals surface area contributed by atoms with Crippen LogP contribution < -0.4 is 9.62 Å². The molecular formula is C25H22ClN3O3S. The van der Waals surface area contributed by atoms with Crippen molar-refractivity contribution in [3.8, 4) is 11.3 Å². The van der Waals surface area contributed by atoms with Crippen molar-refractivity contribution in [2.24, 2.45) is 0 Å². The summed E-state index contributed by atoms with van der Waals surface area (Å²) in [5, 5.41) is 1.68. The first kappa shape index (κ1) is 21.6. The van der Waals surface area contributed by atoms with E-state index in [2.05, 4.69) is 9.71 Å². The van der Waals surface area contributed by atoms with Gasteiger partial charge in [-0.2, -0.15) is 0 Å². The number of hydrogen-bond donors (Lipinski definition) is 2. The van der Waals surface area contributed by atoms with Crippen molar-refractivity contribution >= 4 is 49.8 Å². The molecule has 6 nitrogen and oxygen atoms in total. The Bertz CT molecular complexity index is 1490. The van der Waals surface area contributed by atoms with Gasteiger partial charge in [0.1, 0.15) is 0 Å². The van der Waals surface area contributed by atoms with Crippen LogP contribution in [0.4, 0.5) is 11.4 Å². The van der Waals surface area contributed by atoms with Gasteiger partial charge in [-0.3, -0.25) is 9.52 Å². The SMILES string of the molecule is CC(=O)N1c2ccc(S(=O)(=O)Nc3ccc(-c4cc5cc(Cl)ccc5[nH]4)cc3)cc2C[C@H]1C. The Morgan fingerprint density at radius 3 is 2.55 bits per heavy atom. The van der Waals surface area contributed by atoms with Gasteiger partial charge < -0.3 is 9.88 Å². The summed E-state index contributed by atoms with van der Waals surface area (Å²) in [7, 11) is -3.77. The summed E-state index contributed by atoms with van der Waals surface area (Å²) < 4.78 is 28.6. The van der Waals surface area contributed by atoms with Crippen LogP contribution in [-0.2, 0) is 21.2 Å². The highest BCUT2D eigenvalue weighted by Gasteiger charge is 2.30. The maximum atomic E-state index is 13.0. The molecule has 0 aliphatic carbocycles. The topological polar surface area (TPSA) is 82.3 Å². The number of amides is 1. The van der Waals surface area contributed by atoms with E-state index in [9.17, 15) is 13.2 Å². The molecule has 33 heavy (non-hydrogen) atoms. The van der Waals surface area contributed by atoms with Gasteiger partial charge in [-0.1, -0.05) is 23.7 Å². The number of halogens is 1. The monoisotopic (exact) mass is 479 g/mol. The smallest absolute Gasteiger partial charge is 0.261 e. The molecule has 5 rings (SSSR count). The number of nitrogens with zero attached hydrogens (tertiary/aromatic N) is 1. The molecule has 1 aliphatic rings. The fourth-order valence-electron chi connectivity index (χ4n) is 4.45. The van der Waals surface area contributed by atoms with Crippen molar-refractivity contribution < 1.29 is 13.2 Å². The van der Waals surface area contributed by atoms with Gasteiger partial charge in [0.05, 0.1) is 4.90 Å². The Labute approximate surface area is 197 Å². The van der Waals surface area contributed by atoms with Gasteiger partial charge in [-0.05, 0) is 79.1 Å². The van der Waals surface area contributed by atoms with Crippen LogP contribution in [0.25, 0.3) is 22.2 Å². The van der Waals surface area contributed by atoms with E-state index in [4.69, 9.17) is 11.6 Å². The number of nitrogens with one attached hydrogen (secondary N) is 2. The fourth-order valence-corrected chi connectivity index (χ4v) is 5.73. The lowest BCUT2D eigenvalue weighted by molar-refractivity contribution is -0.116. The first-order valence-electron chi connectivity index (χ1n) is 10.6. The van der Waals surface area contributed by atoms with Crippen molar-refractivity contribution in [1.29, 1.82) is 0 Å². The third-order valence-corrected chi connectivity index (χ3v) is 7.56. The molecule has 1 aliphatic heterocycles. The molecule has 1 amide bonds. The summed E-state index contributed by atoms with van der Waals surface area (Å²) in [4.78, 5) is 17.2. The normalized spacial score (nSPS) is 15.6. The Balaban J connectivity index is 1.38. The minimum atomic E-state index is -3.77. The first-order valence-corrected chi connectivity index (χ1v) is 12.4. The lowest BCUT2D eigenvalue weighted by Crippen LogP contribution is -2.33. The zero-order valence-electron chi connectivity index (χ0n) is 18.1. The molecule has 0 fully saturated rings. The van der Waals surface area contributed by atoms with Crippen molar-refractivity contribution in [2.45, 2.75) is 31.2 Å². The van der Waals surface area contributed by atoms with E-state index >= 15 is 0 Å². The van der Waals surface area contributed by atoms with Gasteiger partial charge in [-0.25, -0.2) is 8.42 Å². The van der Waals surface area contributed by atoms with E-state index in [0.29, 0.717) is 17.1 Å². The van der Waals surface area contributed by atoms with E-state index in [-0.39, 0.29) is 16.8 Å². The minimum Gasteiger partial charge on any atom is -0.355 e. The molecule has 0 saturated carbocycles. The number of aromatic nitrogens is 1. The second-order valence-electron chi connectivity index (χ2n) is 8.33. The quantitative estimate of drug-likeness (QED) is 0.400. The maximum absolute atomic E-state index is 13.0. The van der Waals surface area contributed by atoms with Crippen LogP contribution in [-0.4, -0.2) is 25.4 Å². The van der Waals surface area contributed by atoms with Gasteiger partial charge in [-0.15, -0.1) is 0 Å². The number of benzene rings is 3. The van der Waals surface area contributed by atoms with E-state index in [1.54, 1.807) is 35.2 Å². The molecule has 3 aromatic carbocycles. The average molecular weight is 480 g/mol. The summed E-state index contributed by atoms with van der Waals surface area (Å²) in [5.41, 5.74) is 4.93. The minimum absolute atomic E-state index is 0.0108. The van der Waals surface area contributed by atoms with E-state index in [0.717, 1.165) is 33.4 Å².